The first-order chi connectivity index (χ1) is 13.1. The van der Waals surface area contributed by atoms with Crippen molar-refractivity contribution in [2.24, 2.45) is 0 Å². The molecule has 0 amide bonds. The Balaban J connectivity index is 2.05. The monoisotopic (exact) mass is 413 g/mol. The molecule has 6 heteroatoms. The molecule has 27 heavy (non-hydrogen) atoms. The molecule has 1 atom stereocenters. The van der Waals surface area contributed by atoms with E-state index in [1.165, 1.54) is 5.57 Å². The van der Waals surface area contributed by atoms with Crippen LogP contribution in [-0.4, -0.2) is 7.05 Å². The zero-order valence-corrected chi connectivity index (χ0v) is 17.2. The number of allylic oxidation sites excluding steroid dienone is 4. The Morgan fingerprint density at radius 2 is 1.93 bits per heavy atom. The van der Waals surface area contributed by atoms with Gasteiger partial charge in [0.25, 0.3) is 0 Å². The van der Waals surface area contributed by atoms with Crippen molar-refractivity contribution >= 4 is 48.1 Å². The highest BCUT2D eigenvalue weighted by molar-refractivity contribution is 8.26. The van der Waals surface area contributed by atoms with Gasteiger partial charge in [-0.25, -0.2) is 0 Å². The second-order valence-electron chi connectivity index (χ2n) is 6.41. The van der Waals surface area contributed by atoms with E-state index >= 15 is 0 Å². The van der Waals surface area contributed by atoms with Crippen molar-refractivity contribution in [3.8, 4) is 0 Å². The molecule has 1 aliphatic heterocycles. The van der Waals surface area contributed by atoms with Crippen LogP contribution < -0.4 is 4.90 Å². The third-order valence-electron chi connectivity index (χ3n) is 4.84. The molecule has 0 bridgehead atoms. The van der Waals surface area contributed by atoms with Crippen molar-refractivity contribution in [3.05, 3.63) is 88.1 Å². The Morgan fingerprint density at radius 3 is 2.67 bits per heavy atom. The van der Waals surface area contributed by atoms with Crippen LogP contribution in [0, 0.1) is 0 Å². The number of halogens is 1. The Morgan fingerprint density at radius 1 is 1.19 bits per heavy atom. The van der Waals surface area contributed by atoms with E-state index < -0.39 is 7.23 Å². The summed E-state index contributed by atoms with van der Waals surface area (Å²) in [5.41, 5.74) is 6.19. The van der Waals surface area contributed by atoms with Crippen LogP contribution in [0.2, 0.25) is 5.02 Å². The zero-order valence-electron chi connectivity index (χ0n) is 14.7. The van der Waals surface area contributed by atoms with Crippen LogP contribution in [0.1, 0.15) is 24.0 Å². The van der Waals surface area contributed by atoms with Gasteiger partial charge in [-0.1, -0.05) is 40.4 Å². The average Bonchev–Trinajstić information content (AvgIpc) is 2.68. The lowest BCUT2D eigenvalue weighted by atomic mass is 9.84. The van der Waals surface area contributed by atoms with Gasteiger partial charge in [0.15, 0.2) is 0 Å². The van der Waals surface area contributed by atoms with Gasteiger partial charge in [-0.3, -0.25) is 4.52 Å². The summed E-state index contributed by atoms with van der Waals surface area (Å²) in [6.07, 6.45) is 6.15. The summed E-state index contributed by atoms with van der Waals surface area (Å²) in [5.74, 6) is 0.547. The minimum Gasteiger partial charge on any atom is -0.397 e. The third-order valence-corrected chi connectivity index (χ3v) is 5.65. The molecule has 4 rings (SSSR count). The number of para-hydroxylation sites is 1. The van der Waals surface area contributed by atoms with Crippen LogP contribution in [0.5, 0.6) is 0 Å². The first kappa shape index (κ1) is 18.4. The number of hydrogen-bond acceptors (Lipinski definition) is 4. The summed E-state index contributed by atoms with van der Waals surface area (Å²) in [4.78, 5) is 2.19. The van der Waals surface area contributed by atoms with E-state index in [0.717, 1.165) is 40.9 Å². The third kappa shape index (κ3) is 3.45. The smallest absolute Gasteiger partial charge is 0.397 e. The number of rotatable bonds is 3. The Hall–Kier alpha value is -2.00. The molecule has 0 N–H and O–H groups in total. The summed E-state index contributed by atoms with van der Waals surface area (Å²) in [5, 5.41) is 0.634. The van der Waals surface area contributed by atoms with Gasteiger partial charge in [-0.05, 0) is 54.8 Å². The first-order valence-corrected chi connectivity index (χ1v) is 11.2. The molecular formula is C21H17ClNO2PS. The fourth-order valence-electron chi connectivity index (χ4n) is 3.67. The van der Waals surface area contributed by atoms with Crippen LogP contribution >= 0.6 is 18.8 Å². The van der Waals surface area contributed by atoms with Crippen LogP contribution in [0.25, 0.3) is 11.3 Å². The molecule has 2 aromatic rings. The fraction of sp³-hybridized carbons (Fsp3) is 0.143. The van der Waals surface area contributed by atoms with Crippen LogP contribution in [0.3, 0.4) is 0 Å². The Kier molecular flexibility index (Phi) is 5.14. The lowest BCUT2D eigenvalue weighted by Gasteiger charge is -2.35. The van der Waals surface area contributed by atoms with E-state index in [1.54, 1.807) is 12.1 Å². The molecule has 2 aromatic carbocycles. The minimum absolute atomic E-state index is 0.547. The number of hydrogen-bond donors (Lipinski definition) is 0. The molecule has 0 spiro atoms. The van der Waals surface area contributed by atoms with Crippen molar-refractivity contribution in [1.29, 1.82) is 0 Å². The second-order valence-corrected chi connectivity index (χ2v) is 8.37. The molecular weight excluding hydrogens is 397 g/mol. The summed E-state index contributed by atoms with van der Waals surface area (Å²) >= 11 is 11.0. The molecule has 1 heterocycles. The van der Waals surface area contributed by atoms with Crippen molar-refractivity contribution in [2.75, 3.05) is 11.9 Å². The first-order valence-electron chi connectivity index (χ1n) is 8.62. The molecule has 0 aromatic heterocycles. The maximum Gasteiger partial charge on any atom is 0.420 e. The lowest BCUT2D eigenvalue weighted by molar-refractivity contribution is 0.500. The van der Waals surface area contributed by atoms with E-state index in [0.29, 0.717) is 10.8 Å². The number of anilines is 1. The van der Waals surface area contributed by atoms with Crippen molar-refractivity contribution in [2.45, 2.75) is 12.8 Å². The number of fused-ring (bicyclic) bond motifs is 1. The fourth-order valence-corrected chi connectivity index (χ4v) is 4.36. The summed E-state index contributed by atoms with van der Waals surface area (Å²) in [7, 11) is -0.166. The van der Waals surface area contributed by atoms with Gasteiger partial charge in [-0.15, -0.1) is 0 Å². The SMILES string of the molecule is CN1C2=C(CCC=C2)C(=C(O[P+](=O)[S-])c2ccc(Cl)cc2)c2ccccc21. The van der Waals surface area contributed by atoms with Crippen LogP contribution in [-0.2, 0) is 21.3 Å². The molecule has 1 aliphatic carbocycles. The average molecular weight is 414 g/mol. The molecule has 0 radical (unpaired) electrons. The van der Waals surface area contributed by atoms with E-state index in [9.17, 15) is 4.57 Å². The van der Waals surface area contributed by atoms with E-state index in [-0.39, 0.29) is 0 Å². The van der Waals surface area contributed by atoms with Gasteiger partial charge in [-0.2, -0.15) is 0 Å². The molecule has 1 unspecified atom stereocenters. The van der Waals surface area contributed by atoms with Crippen molar-refractivity contribution in [3.63, 3.8) is 0 Å². The summed E-state index contributed by atoms with van der Waals surface area (Å²) in [6.45, 7) is 0. The Bertz CT molecular complexity index is 1010. The number of benzene rings is 2. The standard InChI is InChI=1S/C21H17ClNO2PS/c1-23-18-8-4-2-6-16(18)20(17-7-3-5-9-19(17)23)21(25-26(24)27)14-10-12-15(22)13-11-14/h2,4-6,8-13H,3,7H2,1H3. The highest BCUT2D eigenvalue weighted by Gasteiger charge is 2.31. The highest BCUT2D eigenvalue weighted by Crippen LogP contribution is 2.48. The zero-order chi connectivity index (χ0) is 19.0. The van der Waals surface area contributed by atoms with Crippen LogP contribution in [0.15, 0.2) is 72.0 Å². The summed E-state index contributed by atoms with van der Waals surface area (Å²) < 4.78 is 17.7. The van der Waals surface area contributed by atoms with Gasteiger partial charge < -0.3 is 17.1 Å². The van der Waals surface area contributed by atoms with Gasteiger partial charge >= 0.3 is 7.23 Å². The van der Waals surface area contributed by atoms with Gasteiger partial charge in [0.1, 0.15) is 0 Å². The lowest BCUT2D eigenvalue weighted by Crippen LogP contribution is -2.24. The molecule has 2 aliphatic rings. The quantitative estimate of drug-likeness (QED) is 0.327. The van der Waals surface area contributed by atoms with Crippen molar-refractivity contribution in [1.82, 2.24) is 0 Å². The minimum atomic E-state index is -2.23. The predicted octanol–water partition coefficient (Wildman–Crippen LogP) is 6.48. The predicted molar refractivity (Wildman–Crippen MR) is 115 cm³/mol. The maximum absolute atomic E-state index is 11.9. The van der Waals surface area contributed by atoms with E-state index in [4.69, 9.17) is 28.4 Å². The van der Waals surface area contributed by atoms with Gasteiger partial charge in [0, 0.05) is 40.2 Å². The molecule has 0 saturated heterocycles. The second kappa shape index (κ2) is 7.55. The topological polar surface area (TPSA) is 29.5 Å². The van der Waals surface area contributed by atoms with Gasteiger partial charge in [0.05, 0.1) is 0 Å². The summed E-state index contributed by atoms with van der Waals surface area (Å²) in [6, 6.07) is 15.5. The van der Waals surface area contributed by atoms with E-state index in [1.807, 2.05) is 24.3 Å². The van der Waals surface area contributed by atoms with Crippen LogP contribution in [0.4, 0.5) is 5.69 Å². The number of likely N-dealkylation sites (N-methyl/N-ethyl adjacent to an activating group) is 1. The number of nitrogens with zero attached hydrogens (tertiary/aromatic N) is 1. The molecule has 0 fully saturated rings. The van der Waals surface area contributed by atoms with E-state index in [2.05, 4.69) is 36.2 Å². The molecule has 0 saturated carbocycles. The van der Waals surface area contributed by atoms with Crippen molar-refractivity contribution < 1.29 is 9.09 Å². The maximum atomic E-state index is 11.9. The molecule has 136 valence electrons. The normalized spacial score (nSPS) is 18.0. The Labute approximate surface area is 170 Å². The largest absolute Gasteiger partial charge is 0.420 e. The molecule has 3 nitrogen and oxygen atoms in total. The highest BCUT2D eigenvalue weighted by atomic mass is 35.5. The van der Waals surface area contributed by atoms with Gasteiger partial charge in [0.2, 0.25) is 5.76 Å².